The van der Waals surface area contributed by atoms with E-state index < -0.39 is 20.8 Å². The first-order valence-corrected chi connectivity index (χ1v) is 4.00. The average molecular weight is 316 g/mol. The van der Waals surface area contributed by atoms with Crippen LogP contribution in [0.2, 0.25) is 0 Å². The van der Waals surface area contributed by atoms with Gasteiger partial charge in [0.1, 0.15) is 0 Å². The first kappa shape index (κ1) is 23.0. The zero-order valence-corrected chi connectivity index (χ0v) is 10.7. The van der Waals surface area contributed by atoms with E-state index in [0.717, 1.165) is 0 Å². The van der Waals surface area contributed by atoms with Gasteiger partial charge in [-0.2, -0.15) is 0 Å². The molecule has 0 atom stereocenters. The van der Waals surface area contributed by atoms with Crippen LogP contribution in [0.3, 0.4) is 0 Å². The molecule has 0 fully saturated rings. The van der Waals surface area contributed by atoms with Crippen LogP contribution < -0.4 is 0 Å². The molecule has 0 aromatic carbocycles. The summed E-state index contributed by atoms with van der Waals surface area (Å²) in [6.45, 7) is 0. The summed E-state index contributed by atoms with van der Waals surface area (Å²) in [6.07, 6.45) is 0. The molecule has 0 unspecified atom stereocenters. The molecule has 8 nitrogen and oxygen atoms in total. The van der Waals surface area contributed by atoms with E-state index in [0.29, 0.717) is 0 Å². The van der Waals surface area contributed by atoms with Crippen molar-refractivity contribution in [2.24, 2.45) is 0 Å². The molecule has 72 valence electrons. The second-order valence-corrected chi connectivity index (χ2v) is 2.45. The molecule has 0 rings (SSSR count). The normalized spacial score (nSPS) is 9.67. The van der Waals surface area contributed by atoms with Crippen LogP contribution in [0.4, 0.5) is 0 Å². The summed E-state index contributed by atoms with van der Waals surface area (Å²) in [7, 11) is -10.3. The molecule has 0 bridgehead atoms. The summed E-state index contributed by atoms with van der Waals surface area (Å²) in [5, 5.41) is 0. The summed E-state index contributed by atoms with van der Waals surface area (Å²) in [5.74, 6) is 0. The van der Waals surface area contributed by atoms with Crippen LogP contribution in [-0.4, -0.2) is 35.0 Å². The summed E-state index contributed by atoms with van der Waals surface area (Å²) in [5.41, 5.74) is 0. The van der Waals surface area contributed by atoms with Crippen molar-refractivity contribution in [2.75, 3.05) is 0 Å². The van der Waals surface area contributed by atoms with E-state index in [1.165, 1.54) is 0 Å². The Kier molecular flexibility index (Phi) is 16.2. The van der Waals surface area contributed by atoms with Crippen molar-refractivity contribution in [1.29, 1.82) is 0 Å². The molecule has 0 aromatic rings. The van der Waals surface area contributed by atoms with Crippen LogP contribution in [0.15, 0.2) is 0 Å². The summed E-state index contributed by atoms with van der Waals surface area (Å²) in [6, 6.07) is 0. The van der Waals surface area contributed by atoms with Crippen LogP contribution in [0, 0.1) is 0 Å². The van der Waals surface area contributed by atoms with Gasteiger partial charge in [0, 0.05) is 20.8 Å². The van der Waals surface area contributed by atoms with Crippen molar-refractivity contribution in [2.45, 2.75) is 0 Å². The Labute approximate surface area is 91.6 Å². The van der Waals surface area contributed by atoms with Crippen molar-refractivity contribution < 1.29 is 71.0 Å². The predicted molar refractivity (Wildman–Crippen MR) is 20.9 cm³/mol. The molecule has 0 aromatic heterocycles. The molecule has 0 aliphatic heterocycles. The fraction of sp³-hybridized carbons (Fsp3) is 0. The Hall–Kier alpha value is 0.857. The average Bonchev–Trinajstić information content (AvgIpc) is 1.12. The van der Waals surface area contributed by atoms with Crippen molar-refractivity contribution in [1.82, 2.24) is 0 Å². The Morgan fingerprint density at radius 1 is 0.667 bits per heavy atom. The summed E-state index contributed by atoms with van der Waals surface area (Å²) in [4.78, 5) is 0. The number of hydrogen-bond acceptors (Lipinski definition) is 8. The fourth-order valence-electron chi connectivity index (χ4n) is 0. The van der Waals surface area contributed by atoms with E-state index >= 15 is 0 Å². The molecule has 12 heteroatoms. The summed E-state index contributed by atoms with van der Waals surface area (Å²) >= 11 is 0. The van der Waals surface area contributed by atoms with Crippen LogP contribution in [0.5, 0.6) is 0 Å². The zero-order valence-electron chi connectivity index (χ0n) is 5.11. The van der Waals surface area contributed by atoms with Gasteiger partial charge in [-0.25, -0.2) is 0 Å². The minimum atomic E-state index is -5.17. The third-order valence-electron chi connectivity index (χ3n) is 0. The van der Waals surface area contributed by atoms with Crippen LogP contribution in [0.1, 0.15) is 0 Å². The molecule has 0 amide bonds. The molecule has 0 N–H and O–H groups in total. The molecule has 0 spiro atoms. The maximum Gasteiger partial charge on any atom is 2.00 e. The Morgan fingerprint density at radius 3 is 0.667 bits per heavy atom. The van der Waals surface area contributed by atoms with E-state index in [1.54, 1.807) is 0 Å². The minimum absolute atomic E-state index is 0. The van der Waals surface area contributed by atoms with Crippen molar-refractivity contribution in [3.05, 3.63) is 0 Å². The van der Waals surface area contributed by atoms with Gasteiger partial charge < -0.3 is 18.2 Å². The topological polar surface area (TPSA) is 161 Å². The van der Waals surface area contributed by atoms with Gasteiger partial charge >= 0.3 is 36.0 Å². The van der Waals surface area contributed by atoms with Gasteiger partial charge in [-0.3, -0.25) is 16.8 Å². The van der Waals surface area contributed by atoms with E-state index in [9.17, 15) is 0 Å². The SMILES string of the molecule is O=S(=O)([O-])[O-].O=S(=O)([O-])[O-].[Ni+2].[Zn+2]. The van der Waals surface area contributed by atoms with Gasteiger partial charge in [-0.1, -0.05) is 0 Å². The maximum atomic E-state index is 8.52. The standard InChI is InChI=1S/Ni.2H2O4S.Zn/c;2*1-5(2,3)4;/h;2*(H2,1,2,3,4);/q+2;;;+2/p-4. The number of rotatable bonds is 0. The maximum absolute atomic E-state index is 8.52. The minimum Gasteiger partial charge on any atom is -0.759 e. The number of hydrogen-bond donors (Lipinski definition) is 0. The fourth-order valence-corrected chi connectivity index (χ4v) is 0. The largest absolute Gasteiger partial charge is 2.00 e. The third kappa shape index (κ3) is 1440. The molecule has 0 saturated heterocycles. The van der Waals surface area contributed by atoms with Gasteiger partial charge in [0.25, 0.3) is 0 Å². The van der Waals surface area contributed by atoms with E-state index in [2.05, 4.69) is 0 Å². The Balaban J connectivity index is -0.0000000457. The van der Waals surface area contributed by atoms with E-state index in [4.69, 9.17) is 35.0 Å². The molecule has 0 aliphatic carbocycles. The van der Waals surface area contributed by atoms with E-state index in [1.807, 2.05) is 0 Å². The van der Waals surface area contributed by atoms with Crippen molar-refractivity contribution in [3.63, 3.8) is 0 Å². The van der Waals surface area contributed by atoms with Gasteiger partial charge in [0.15, 0.2) is 0 Å². The Bertz CT molecular complexity index is 213. The zero-order chi connectivity index (χ0) is 9.00. The van der Waals surface area contributed by atoms with Gasteiger partial charge in [0.05, 0.1) is 0 Å². The van der Waals surface area contributed by atoms with Crippen LogP contribution in [0.25, 0.3) is 0 Å². The Morgan fingerprint density at radius 2 is 0.667 bits per heavy atom. The smallest absolute Gasteiger partial charge is 0.759 e. The molecular formula is NiO8S2Zn. The molecule has 0 aliphatic rings. The van der Waals surface area contributed by atoms with Gasteiger partial charge in [0.2, 0.25) is 0 Å². The summed E-state index contributed by atoms with van der Waals surface area (Å²) < 4.78 is 68.2. The van der Waals surface area contributed by atoms with Crippen molar-refractivity contribution >= 4 is 20.8 Å². The van der Waals surface area contributed by atoms with Crippen LogP contribution in [-0.2, 0) is 56.8 Å². The van der Waals surface area contributed by atoms with Gasteiger partial charge in [-0.15, -0.1) is 0 Å². The van der Waals surface area contributed by atoms with E-state index in [-0.39, 0.29) is 36.0 Å². The third-order valence-corrected chi connectivity index (χ3v) is 0. The van der Waals surface area contributed by atoms with Crippen molar-refractivity contribution in [3.8, 4) is 0 Å². The molecule has 12 heavy (non-hydrogen) atoms. The molecular weight excluding hydrogens is 316 g/mol. The first-order chi connectivity index (χ1) is 4.00. The molecule has 0 saturated carbocycles. The van der Waals surface area contributed by atoms with Gasteiger partial charge in [-0.05, 0) is 0 Å². The second-order valence-electron chi connectivity index (χ2n) is 0.816. The molecule has 0 radical (unpaired) electrons. The molecule has 0 heterocycles. The second kappa shape index (κ2) is 8.45. The first-order valence-electron chi connectivity index (χ1n) is 1.33. The quantitative estimate of drug-likeness (QED) is 0.265. The predicted octanol–water partition coefficient (Wildman–Crippen LogP) is -2.68. The van der Waals surface area contributed by atoms with Crippen LogP contribution >= 0.6 is 0 Å². The monoisotopic (exact) mass is 314 g/mol.